The Balaban J connectivity index is 1.89. The van der Waals surface area contributed by atoms with Crippen molar-refractivity contribution in [3.05, 3.63) is 29.6 Å². The van der Waals surface area contributed by atoms with Crippen LogP contribution in [0.1, 0.15) is 48.7 Å². The molecule has 1 amide bonds. The summed E-state index contributed by atoms with van der Waals surface area (Å²) in [6, 6.07) is 3.46. The fourth-order valence-electron chi connectivity index (χ4n) is 2.01. The molecule has 0 spiro atoms. The molecule has 2 N–H and O–H groups in total. The molecular formula is C16H20N2O2. The third-order valence-corrected chi connectivity index (χ3v) is 3.80. The van der Waals surface area contributed by atoms with Crippen LogP contribution >= 0.6 is 0 Å². The Kier molecular flexibility index (Phi) is 4.75. The summed E-state index contributed by atoms with van der Waals surface area (Å²) in [5.74, 6) is 5.58. The van der Waals surface area contributed by atoms with E-state index in [1.165, 1.54) is 12.8 Å². The first-order chi connectivity index (χ1) is 9.69. The van der Waals surface area contributed by atoms with Crippen LogP contribution in [0.5, 0.6) is 0 Å². The molecule has 1 aromatic rings. The number of aliphatic hydroxyl groups is 1. The van der Waals surface area contributed by atoms with Gasteiger partial charge in [0, 0.05) is 24.7 Å². The number of carbonyl (C=O) groups excluding carboxylic acids is 1. The van der Waals surface area contributed by atoms with Gasteiger partial charge in [0.1, 0.15) is 5.69 Å². The molecular weight excluding hydrogens is 252 g/mol. The minimum Gasteiger partial charge on any atom is -0.395 e. The van der Waals surface area contributed by atoms with Crippen molar-refractivity contribution in [1.29, 1.82) is 0 Å². The quantitative estimate of drug-likeness (QED) is 0.803. The van der Waals surface area contributed by atoms with E-state index in [-0.39, 0.29) is 12.5 Å². The van der Waals surface area contributed by atoms with Crippen molar-refractivity contribution < 1.29 is 9.90 Å². The lowest BCUT2D eigenvalue weighted by Gasteiger charge is -2.12. The normalized spacial score (nSPS) is 15.1. The molecule has 2 rings (SSSR count). The summed E-state index contributed by atoms with van der Waals surface area (Å²) in [5, 5.41) is 11.6. The fourth-order valence-corrected chi connectivity index (χ4v) is 2.01. The van der Waals surface area contributed by atoms with Crippen LogP contribution in [-0.2, 0) is 0 Å². The van der Waals surface area contributed by atoms with Crippen molar-refractivity contribution in [2.75, 3.05) is 13.2 Å². The molecule has 1 heterocycles. The van der Waals surface area contributed by atoms with Crippen LogP contribution in [0.4, 0.5) is 0 Å². The standard InChI is InChI=1S/C16H20N2O2/c1-2-16(8-9-16)12-18-15(20)14-7-6-13(11-17-14)5-3-4-10-19/h6-7,11,19H,2,4,8-10,12H2,1H3,(H,18,20). The molecule has 0 unspecified atom stereocenters. The Hall–Kier alpha value is -1.86. The summed E-state index contributed by atoms with van der Waals surface area (Å²) in [5.41, 5.74) is 1.51. The molecule has 1 fully saturated rings. The van der Waals surface area contributed by atoms with E-state index in [0.29, 0.717) is 17.5 Å². The van der Waals surface area contributed by atoms with E-state index in [1.807, 2.05) is 0 Å². The van der Waals surface area contributed by atoms with E-state index in [9.17, 15) is 4.79 Å². The van der Waals surface area contributed by atoms with Gasteiger partial charge in [0.15, 0.2) is 0 Å². The van der Waals surface area contributed by atoms with E-state index >= 15 is 0 Å². The van der Waals surface area contributed by atoms with Gasteiger partial charge in [0.25, 0.3) is 5.91 Å². The van der Waals surface area contributed by atoms with Crippen LogP contribution in [0.3, 0.4) is 0 Å². The van der Waals surface area contributed by atoms with Gasteiger partial charge in [0.05, 0.1) is 6.61 Å². The Morgan fingerprint density at radius 3 is 2.85 bits per heavy atom. The number of nitrogens with zero attached hydrogens (tertiary/aromatic N) is 1. The zero-order valence-corrected chi connectivity index (χ0v) is 11.8. The SMILES string of the molecule is CCC1(CNC(=O)c2ccc(C#CCCO)cn2)CC1. The largest absolute Gasteiger partial charge is 0.395 e. The van der Waals surface area contributed by atoms with E-state index in [4.69, 9.17) is 5.11 Å². The van der Waals surface area contributed by atoms with Gasteiger partial charge in [-0.2, -0.15) is 0 Å². The summed E-state index contributed by atoms with van der Waals surface area (Å²) in [4.78, 5) is 16.1. The van der Waals surface area contributed by atoms with Gasteiger partial charge in [-0.3, -0.25) is 4.79 Å². The second-order valence-electron chi connectivity index (χ2n) is 5.24. The van der Waals surface area contributed by atoms with Crippen LogP contribution in [0.15, 0.2) is 18.3 Å². The molecule has 1 saturated carbocycles. The first kappa shape index (κ1) is 14.5. The van der Waals surface area contributed by atoms with Crippen LogP contribution in [0.25, 0.3) is 0 Å². The van der Waals surface area contributed by atoms with Gasteiger partial charge in [-0.25, -0.2) is 4.98 Å². The lowest BCUT2D eigenvalue weighted by atomic mass is 10.0. The minimum atomic E-state index is -0.125. The van der Waals surface area contributed by atoms with Crippen molar-refractivity contribution in [3.63, 3.8) is 0 Å². The highest BCUT2D eigenvalue weighted by Crippen LogP contribution is 2.47. The fraction of sp³-hybridized carbons (Fsp3) is 0.500. The molecule has 1 aliphatic rings. The van der Waals surface area contributed by atoms with Crippen molar-refractivity contribution in [2.24, 2.45) is 5.41 Å². The maximum Gasteiger partial charge on any atom is 0.269 e. The Labute approximate surface area is 119 Å². The van der Waals surface area contributed by atoms with Crippen molar-refractivity contribution >= 4 is 5.91 Å². The van der Waals surface area contributed by atoms with Crippen LogP contribution in [0.2, 0.25) is 0 Å². The number of amides is 1. The van der Waals surface area contributed by atoms with E-state index in [2.05, 4.69) is 29.1 Å². The lowest BCUT2D eigenvalue weighted by Crippen LogP contribution is -2.30. The number of hydrogen-bond acceptors (Lipinski definition) is 3. The molecule has 20 heavy (non-hydrogen) atoms. The molecule has 106 valence electrons. The highest BCUT2D eigenvalue weighted by Gasteiger charge is 2.40. The molecule has 0 bridgehead atoms. The average Bonchev–Trinajstić information content (AvgIpc) is 3.26. The summed E-state index contributed by atoms with van der Waals surface area (Å²) < 4.78 is 0. The molecule has 0 aliphatic heterocycles. The van der Waals surface area contributed by atoms with Crippen LogP contribution < -0.4 is 5.32 Å². The average molecular weight is 272 g/mol. The second kappa shape index (κ2) is 6.53. The van der Waals surface area contributed by atoms with Gasteiger partial charge < -0.3 is 10.4 Å². The molecule has 0 aromatic carbocycles. The Bertz CT molecular complexity index is 522. The van der Waals surface area contributed by atoms with Gasteiger partial charge in [-0.15, -0.1) is 0 Å². The molecule has 1 aromatic heterocycles. The Morgan fingerprint density at radius 2 is 2.30 bits per heavy atom. The summed E-state index contributed by atoms with van der Waals surface area (Å²) in [7, 11) is 0. The highest BCUT2D eigenvalue weighted by molar-refractivity contribution is 5.92. The third-order valence-electron chi connectivity index (χ3n) is 3.80. The van der Waals surface area contributed by atoms with Gasteiger partial charge in [-0.05, 0) is 36.8 Å². The third kappa shape index (κ3) is 3.82. The maximum atomic E-state index is 12.0. The molecule has 4 nitrogen and oxygen atoms in total. The van der Waals surface area contributed by atoms with Crippen molar-refractivity contribution in [2.45, 2.75) is 32.6 Å². The molecule has 0 saturated heterocycles. The number of aliphatic hydroxyl groups excluding tert-OH is 1. The van der Waals surface area contributed by atoms with Gasteiger partial charge in [0.2, 0.25) is 0 Å². The number of rotatable bonds is 5. The molecule has 4 heteroatoms. The predicted octanol–water partition coefficient (Wildman–Crippen LogP) is 1.74. The van der Waals surface area contributed by atoms with E-state index < -0.39 is 0 Å². The number of hydrogen-bond donors (Lipinski definition) is 2. The molecule has 0 atom stereocenters. The summed E-state index contributed by atoms with van der Waals surface area (Å²) in [6.45, 7) is 2.96. The molecule has 1 aliphatic carbocycles. The van der Waals surface area contributed by atoms with Crippen molar-refractivity contribution in [3.8, 4) is 11.8 Å². The second-order valence-corrected chi connectivity index (χ2v) is 5.24. The minimum absolute atomic E-state index is 0.0557. The van der Waals surface area contributed by atoms with Crippen LogP contribution in [-0.4, -0.2) is 29.1 Å². The topological polar surface area (TPSA) is 62.2 Å². The van der Waals surface area contributed by atoms with Gasteiger partial charge in [-0.1, -0.05) is 18.8 Å². The van der Waals surface area contributed by atoms with Crippen LogP contribution in [0, 0.1) is 17.3 Å². The Morgan fingerprint density at radius 1 is 1.50 bits per heavy atom. The van der Waals surface area contributed by atoms with Gasteiger partial charge >= 0.3 is 0 Å². The van der Waals surface area contributed by atoms with E-state index in [1.54, 1.807) is 18.3 Å². The smallest absolute Gasteiger partial charge is 0.269 e. The predicted molar refractivity (Wildman–Crippen MR) is 77.1 cm³/mol. The molecule has 0 radical (unpaired) electrons. The monoisotopic (exact) mass is 272 g/mol. The van der Waals surface area contributed by atoms with Crippen molar-refractivity contribution in [1.82, 2.24) is 10.3 Å². The zero-order chi connectivity index (χ0) is 14.4. The first-order valence-electron chi connectivity index (χ1n) is 7.03. The maximum absolute atomic E-state index is 12.0. The highest BCUT2D eigenvalue weighted by atomic mass is 16.2. The number of pyridine rings is 1. The number of aromatic nitrogens is 1. The summed E-state index contributed by atoms with van der Waals surface area (Å²) >= 11 is 0. The number of nitrogens with one attached hydrogen (secondary N) is 1. The lowest BCUT2D eigenvalue weighted by molar-refractivity contribution is 0.0939. The zero-order valence-electron chi connectivity index (χ0n) is 11.8. The van der Waals surface area contributed by atoms with E-state index in [0.717, 1.165) is 18.5 Å². The first-order valence-corrected chi connectivity index (χ1v) is 7.03. The summed E-state index contributed by atoms with van der Waals surface area (Å²) in [6.07, 6.45) is 5.56. The number of carbonyl (C=O) groups is 1.